The first-order chi connectivity index (χ1) is 24.9. The Hall–Kier alpha value is -3.38. The van der Waals surface area contributed by atoms with Gasteiger partial charge in [0.15, 0.2) is 11.5 Å². The van der Waals surface area contributed by atoms with E-state index in [1.165, 1.54) is 0 Å². The Balaban J connectivity index is 1.19. The number of aryl methyl sites for hydroxylation is 1. The van der Waals surface area contributed by atoms with Crippen LogP contribution in [0.5, 0.6) is 17.2 Å². The van der Waals surface area contributed by atoms with Gasteiger partial charge >= 0.3 is 5.97 Å². The minimum atomic E-state index is -0.933. The van der Waals surface area contributed by atoms with Crippen LogP contribution in [0.2, 0.25) is 0 Å². The van der Waals surface area contributed by atoms with E-state index in [0.29, 0.717) is 49.7 Å². The fraction of sp³-hybridized carbons (Fsp3) is 0.650. The van der Waals surface area contributed by atoms with Crippen LogP contribution in [0.4, 0.5) is 0 Å². The molecule has 11 heteroatoms. The molecule has 0 radical (unpaired) electrons. The third-order valence-electron chi connectivity index (χ3n) is 11.5. The molecular weight excluding hydrogens is 652 g/mol. The van der Waals surface area contributed by atoms with Crippen LogP contribution in [0.3, 0.4) is 0 Å². The van der Waals surface area contributed by atoms with Crippen molar-refractivity contribution in [1.82, 2.24) is 9.80 Å². The molecule has 2 heterocycles. The second-order valence-corrected chi connectivity index (χ2v) is 14.6. The summed E-state index contributed by atoms with van der Waals surface area (Å²) in [5.41, 5.74) is 1.84. The summed E-state index contributed by atoms with van der Waals surface area (Å²) in [7, 11) is 3.22. The van der Waals surface area contributed by atoms with Crippen LogP contribution < -0.4 is 14.2 Å². The summed E-state index contributed by atoms with van der Waals surface area (Å²) in [4.78, 5) is 32.6. The topological polar surface area (TPSA) is 127 Å². The van der Waals surface area contributed by atoms with Gasteiger partial charge in [-0.05, 0) is 98.6 Å². The molecule has 7 atom stereocenters. The molecule has 2 saturated carbocycles. The molecular formula is C40H56N2O9. The number of methoxy groups -OCH3 is 2. The summed E-state index contributed by atoms with van der Waals surface area (Å²) < 4.78 is 29.0. The van der Waals surface area contributed by atoms with Crippen LogP contribution in [0.1, 0.15) is 75.0 Å². The number of piperidine rings is 1. The summed E-state index contributed by atoms with van der Waals surface area (Å²) in [6, 6.07) is 12.9. The summed E-state index contributed by atoms with van der Waals surface area (Å²) >= 11 is 0. The average molecular weight is 709 g/mol. The number of aliphatic hydroxyl groups excluding tert-OH is 2. The molecule has 2 aliphatic carbocycles. The molecule has 2 saturated heterocycles. The normalized spacial score (nSPS) is 27.6. The highest BCUT2D eigenvalue weighted by Crippen LogP contribution is 2.45. The molecule has 4 fully saturated rings. The first-order valence-corrected chi connectivity index (χ1v) is 19.0. The summed E-state index contributed by atoms with van der Waals surface area (Å²) in [5, 5.41) is 21.5. The van der Waals surface area contributed by atoms with E-state index < -0.39 is 36.2 Å². The summed E-state index contributed by atoms with van der Waals surface area (Å²) in [5.74, 6) is 1.02. The fourth-order valence-electron chi connectivity index (χ4n) is 8.68. The average Bonchev–Trinajstić information content (AvgIpc) is 3.18. The molecule has 2 aliphatic heterocycles. The lowest BCUT2D eigenvalue weighted by Crippen LogP contribution is -2.56. The van der Waals surface area contributed by atoms with Gasteiger partial charge in [-0.25, -0.2) is 4.79 Å². The first-order valence-electron chi connectivity index (χ1n) is 19.0. The van der Waals surface area contributed by atoms with Crippen molar-refractivity contribution in [2.75, 3.05) is 60.2 Å². The number of carbonyl (C=O) groups excluding carboxylic acids is 2. The lowest BCUT2D eigenvalue weighted by Gasteiger charge is -2.47. The largest absolute Gasteiger partial charge is 0.493 e. The number of aliphatic hydroxyl groups is 2. The number of benzene rings is 2. The van der Waals surface area contributed by atoms with Gasteiger partial charge in [-0.1, -0.05) is 31.0 Å². The standard InChI is InChI=1S/C40H56N2O9/c1-47-36-16-14-27(24-37(36)48-2)13-15-35(28-8-7-9-29(25-28)50-23-20-41-18-21-49-22-19-41)51-40(46)33-12-5-6-17-42(33)39(45)32-26-34(43)38(44)31-11-4-3-10-30(31)32/h7-9,14,16,24-25,30-35,38,43-44H,3-6,10-13,15,17-23,26H2,1-2H3/t30-,31-,32-,33+,34-,35-,38+/m1/s1. The second-order valence-electron chi connectivity index (χ2n) is 14.6. The molecule has 6 rings (SSSR count). The van der Waals surface area contributed by atoms with Gasteiger partial charge < -0.3 is 38.8 Å². The van der Waals surface area contributed by atoms with Gasteiger partial charge in [-0.15, -0.1) is 0 Å². The van der Waals surface area contributed by atoms with Crippen LogP contribution in [-0.2, 0) is 25.5 Å². The van der Waals surface area contributed by atoms with Crippen LogP contribution in [0.15, 0.2) is 42.5 Å². The summed E-state index contributed by atoms with van der Waals surface area (Å²) in [6.07, 6.45) is 4.88. The second kappa shape index (κ2) is 17.9. The Labute approximate surface area is 302 Å². The molecule has 11 nitrogen and oxygen atoms in total. The fourth-order valence-corrected chi connectivity index (χ4v) is 8.68. The third kappa shape index (κ3) is 9.17. The van der Waals surface area contributed by atoms with Crippen molar-refractivity contribution in [2.45, 2.75) is 88.6 Å². The Kier molecular flexibility index (Phi) is 13.1. The van der Waals surface area contributed by atoms with Crippen molar-refractivity contribution in [1.29, 1.82) is 0 Å². The molecule has 280 valence electrons. The monoisotopic (exact) mass is 708 g/mol. The first kappa shape index (κ1) is 37.4. The highest BCUT2D eigenvalue weighted by molar-refractivity contribution is 5.86. The summed E-state index contributed by atoms with van der Waals surface area (Å²) in [6.45, 7) is 5.07. The maximum absolute atomic E-state index is 14.3. The number of carbonyl (C=O) groups is 2. The lowest BCUT2D eigenvalue weighted by atomic mass is 9.63. The molecule has 2 N–H and O–H groups in total. The van der Waals surface area contributed by atoms with Gasteiger partial charge in [-0.2, -0.15) is 0 Å². The number of hydrogen-bond donors (Lipinski definition) is 2. The van der Waals surface area contributed by atoms with Crippen molar-refractivity contribution >= 4 is 11.9 Å². The zero-order valence-corrected chi connectivity index (χ0v) is 30.3. The zero-order valence-electron chi connectivity index (χ0n) is 30.3. The van der Waals surface area contributed by atoms with Gasteiger partial charge in [0.2, 0.25) is 5.91 Å². The van der Waals surface area contributed by atoms with E-state index in [9.17, 15) is 19.8 Å². The molecule has 0 bridgehead atoms. The number of amides is 1. The number of hydrogen-bond acceptors (Lipinski definition) is 10. The van der Waals surface area contributed by atoms with Crippen molar-refractivity contribution < 1.29 is 43.5 Å². The van der Waals surface area contributed by atoms with Gasteiger partial charge in [0, 0.05) is 32.1 Å². The van der Waals surface area contributed by atoms with E-state index in [1.807, 2.05) is 42.5 Å². The van der Waals surface area contributed by atoms with E-state index in [2.05, 4.69) is 4.90 Å². The Morgan fingerprint density at radius 3 is 2.45 bits per heavy atom. The Morgan fingerprint density at radius 1 is 0.902 bits per heavy atom. The minimum Gasteiger partial charge on any atom is -0.493 e. The highest BCUT2D eigenvalue weighted by atomic mass is 16.5. The molecule has 0 spiro atoms. The molecule has 2 aromatic carbocycles. The van der Waals surface area contributed by atoms with Crippen LogP contribution >= 0.6 is 0 Å². The Morgan fingerprint density at radius 2 is 1.67 bits per heavy atom. The van der Waals surface area contributed by atoms with Crippen LogP contribution in [-0.4, -0.2) is 110 Å². The van der Waals surface area contributed by atoms with Crippen molar-refractivity contribution in [3.63, 3.8) is 0 Å². The number of rotatable bonds is 13. The molecule has 51 heavy (non-hydrogen) atoms. The number of esters is 1. The van der Waals surface area contributed by atoms with Gasteiger partial charge in [0.25, 0.3) is 0 Å². The molecule has 0 unspecified atom stereocenters. The third-order valence-corrected chi connectivity index (χ3v) is 11.5. The minimum absolute atomic E-state index is 0.0171. The maximum Gasteiger partial charge on any atom is 0.329 e. The SMILES string of the molecule is COc1ccc(CC[C@@H](OC(=O)[C@@H]2CCCCN2C(=O)[C@@H]2C[C@@H](O)[C@@H](O)[C@@H]3CCCC[C@H]32)c2cccc(OCCN3CCOCC3)c2)cc1OC. The molecule has 4 aliphatic rings. The van der Waals surface area contributed by atoms with E-state index in [0.717, 1.165) is 82.5 Å². The van der Waals surface area contributed by atoms with Gasteiger partial charge in [0.05, 0.1) is 39.6 Å². The van der Waals surface area contributed by atoms with E-state index >= 15 is 0 Å². The van der Waals surface area contributed by atoms with Gasteiger partial charge in [0.1, 0.15) is 24.5 Å². The van der Waals surface area contributed by atoms with Gasteiger partial charge in [-0.3, -0.25) is 9.69 Å². The predicted octanol–water partition coefficient (Wildman–Crippen LogP) is 4.56. The highest BCUT2D eigenvalue weighted by Gasteiger charge is 2.49. The molecule has 2 aromatic rings. The van der Waals surface area contributed by atoms with E-state index in [1.54, 1.807) is 19.1 Å². The van der Waals surface area contributed by atoms with Crippen molar-refractivity contribution in [3.8, 4) is 17.2 Å². The lowest BCUT2D eigenvalue weighted by molar-refractivity contribution is -0.168. The number of nitrogens with zero attached hydrogens (tertiary/aromatic N) is 2. The van der Waals surface area contributed by atoms with Crippen molar-refractivity contribution in [3.05, 3.63) is 53.6 Å². The van der Waals surface area contributed by atoms with Crippen LogP contribution in [0.25, 0.3) is 0 Å². The smallest absolute Gasteiger partial charge is 0.329 e. The maximum atomic E-state index is 14.3. The van der Waals surface area contributed by atoms with Crippen molar-refractivity contribution in [2.24, 2.45) is 17.8 Å². The predicted molar refractivity (Wildman–Crippen MR) is 191 cm³/mol. The quantitative estimate of drug-likeness (QED) is 0.286. The number of likely N-dealkylation sites (tertiary alicyclic amines) is 1. The van der Waals surface area contributed by atoms with Crippen LogP contribution in [0, 0.1) is 17.8 Å². The number of fused-ring (bicyclic) bond motifs is 1. The Bertz CT molecular complexity index is 1450. The molecule has 0 aromatic heterocycles. The number of morpholine rings is 1. The zero-order chi connectivity index (χ0) is 35.7. The molecule has 1 amide bonds. The van der Waals surface area contributed by atoms with E-state index in [4.69, 9.17) is 23.7 Å². The number of ether oxygens (including phenoxy) is 5. The van der Waals surface area contributed by atoms with E-state index in [-0.39, 0.29) is 24.2 Å².